The van der Waals surface area contributed by atoms with Gasteiger partial charge in [-0.1, -0.05) is 6.07 Å². The second-order valence-electron chi connectivity index (χ2n) is 6.74. The Balaban J connectivity index is 0.000000423. The molecule has 1 aliphatic rings. The van der Waals surface area contributed by atoms with Gasteiger partial charge in [0.15, 0.2) is 0 Å². The monoisotopic (exact) mass is 459 g/mol. The highest BCUT2D eigenvalue weighted by atomic mass is 32.1. The molecule has 0 aromatic carbocycles. The Labute approximate surface area is 179 Å². The molecule has 31 heavy (non-hydrogen) atoms. The summed E-state index contributed by atoms with van der Waals surface area (Å²) in [5, 5.41) is 18.4. The Morgan fingerprint density at radius 2 is 1.77 bits per heavy atom. The van der Waals surface area contributed by atoms with Gasteiger partial charge < -0.3 is 20.0 Å². The number of pyridine rings is 1. The third-order valence-electron chi connectivity index (χ3n) is 4.36. The van der Waals surface area contributed by atoms with Gasteiger partial charge in [0.1, 0.15) is 11.4 Å². The predicted octanol–water partition coefficient (Wildman–Crippen LogP) is 2.78. The molecule has 0 unspecified atom stereocenters. The van der Waals surface area contributed by atoms with Crippen LogP contribution in [0.1, 0.15) is 31.3 Å². The van der Waals surface area contributed by atoms with Gasteiger partial charge in [0, 0.05) is 39.3 Å². The Morgan fingerprint density at radius 1 is 1.16 bits per heavy atom. The summed E-state index contributed by atoms with van der Waals surface area (Å²) < 4.78 is 31.7. The predicted molar refractivity (Wildman–Crippen MR) is 107 cm³/mol. The van der Waals surface area contributed by atoms with Crippen LogP contribution in [-0.2, 0) is 17.6 Å². The van der Waals surface area contributed by atoms with Crippen molar-refractivity contribution in [3.05, 3.63) is 45.3 Å². The molecule has 168 valence electrons. The van der Waals surface area contributed by atoms with Crippen LogP contribution in [0.3, 0.4) is 0 Å². The van der Waals surface area contributed by atoms with Gasteiger partial charge in [-0.05, 0) is 29.5 Å². The Hall–Kier alpha value is -3.15. The minimum Gasteiger partial charge on any atom is -0.478 e. The summed E-state index contributed by atoms with van der Waals surface area (Å²) in [6.07, 6.45) is -3.83. The number of aromatic nitrogens is 1. The van der Waals surface area contributed by atoms with E-state index in [0.717, 1.165) is 16.1 Å². The Kier molecular flexibility index (Phi) is 7.60. The lowest BCUT2D eigenvalue weighted by Crippen LogP contribution is -2.32. The lowest BCUT2D eigenvalue weighted by molar-refractivity contribution is -0.192. The molecule has 0 saturated carbocycles. The third kappa shape index (κ3) is 6.17. The van der Waals surface area contributed by atoms with Gasteiger partial charge >= 0.3 is 18.1 Å². The summed E-state index contributed by atoms with van der Waals surface area (Å²) in [6, 6.07) is 5.41. The van der Waals surface area contributed by atoms with Crippen molar-refractivity contribution in [3.8, 4) is 0 Å². The number of thiophene rings is 1. The SMILES string of the molecule is CN(C)c1nc2c(cc1C(=O)O)CCN(C(=O)c1cccs1)CC2.O=C(O)C(F)(F)F. The molecule has 0 radical (unpaired) electrons. The average Bonchev–Trinajstić information content (AvgIpc) is 3.13. The zero-order valence-corrected chi connectivity index (χ0v) is 17.5. The normalized spacial score (nSPS) is 13.4. The molecule has 2 aromatic rings. The maximum Gasteiger partial charge on any atom is 0.490 e. The number of hydrogen-bond donors (Lipinski definition) is 2. The molecule has 0 atom stereocenters. The molecule has 3 heterocycles. The van der Waals surface area contributed by atoms with E-state index in [2.05, 4.69) is 4.98 Å². The first-order valence-corrected chi connectivity index (χ1v) is 9.86. The largest absolute Gasteiger partial charge is 0.490 e. The number of aliphatic carboxylic acids is 1. The van der Waals surface area contributed by atoms with Gasteiger partial charge in [0.25, 0.3) is 5.91 Å². The fourth-order valence-electron chi connectivity index (χ4n) is 2.88. The van der Waals surface area contributed by atoms with E-state index in [-0.39, 0.29) is 11.5 Å². The summed E-state index contributed by atoms with van der Waals surface area (Å²) in [7, 11) is 3.56. The summed E-state index contributed by atoms with van der Waals surface area (Å²) in [4.78, 5) is 41.7. The van der Waals surface area contributed by atoms with Crippen molar-refractivity contribution in [2.45, 2.75) is 19.0 Å². The summed E-state index contributed by atoms with van der Waals surface area (Å²) in [5.74, 6) is -3.25. The number of carbonyl (C=O) groups is 3. The number of hydrogen-bond acceptors (Lipinski definition) is 6. The first kappa shape index (κ1) is 24.1. The van der Waals surface area contributed by atoms with Crippen molar-refractivity contribution in [2.75, 3.05) is 32.1 Å². The average molecular weight is 459 g/mol. The smallest absolute Gasteiger partial charge is 0.478 e. The van der Waals surface area contributed by atoms with Gasteiger partial charge in [-0.25, -0.2) is 14.6 Å². The first-order chi connectivity index (χ1) is 14.4. The molecule has 0 saturated heterocycles. The second-order valence-corrected chi connectivity index (χ2v) is 7.69. The van der Waals surface area contributed by atoms with Crippen LogP contribution in [0, 0.1) is 0 Å². The summed E-state index contributed by atoms with van der Waals surface area (Å²) in [5.41, 5.74) is 2.00. The highest BCUT2D eigenvalue weighted by Gasteiger charge is 2.38. The van der Waals surface area contributed by atoms with E-state index in [1.165, 1.54) is 11.3 Å². The Morgan fingerprint density at radius 3 is 2.26 bits per heavy atom. The fraction of sp³-hybridized carbons (Fsp3) is 0.368. The molecule has 2 aromatic heterocycles. The van der Waals surface area contributed by atoms with Gasteiger partial charge in [0.05, 0.1) is 4.88 Å². The van der Waals surface area contributed by atoms with E-state index in [0.29, 0.717) is 31.7 Å². The van der Waals surface area contributed by atoms with Crippen LogP contribution in [0.4, 0.5) is 19.0 Å². The number of alkyl halides is 3. The standard InChI is InChI=1S/C17H19N3O3S.C2HF3O2/c1-19(2)15-12(17(22)23)10-11-5-7-20(8-6-13(11)18-15)16(21)14-4-3-9-24-14;3-2(4,5)1(6)7/h3-4,9-10H,5-8H2,1-2H3,(H,22,23);(H,6,7). The van der Waals surface area contributed by atoms with Crippen LogP contribution in [0.5, 0.6) is 0 Å². The fourth-order valence-corrected chi connectivity index (χ4v) is 3.57. The number of carboxylic acids is 2. The van der Waals surface area contributed by atoms with Crippen molar-refractivity contribution in [2.24, 2.45) is 0 Å². The molecule has 12 heteroatoms. The topological polar surface area (TPSA) is 111 Å². The molecular formula is C19H20F3N3O5S. The van der Waals surface area contributed by atoms with Gasteiger partial charge in [-0.15, -0.1) is 11.3 Å². The van der Waals surface area contributed by atoms with E-state index in [1.807, 2.05) is 22.4 Å². The molecule has 2 N–H and O–H groups in total. The summed E-state index contributed by atoms with van der Waals surface area (Å²) >= 11 is 1.44. The van der Waals surface area contributed by atoms with Crippen molar-refractivity contribution in [3.63, 3.8) is 0 Å². The van der Waals surface area contributed by atoms with E-state index < -0.39 is 18.1 Å². The van der Waals surface area contributed by atoms with Gasteiger partial charge in [-0.2, -0.15) is 13.2 Å². The molecule has 8 nitrogen and oxygen atoms in total. The van der Waals surface area contributed by atoms with Crippen LogP contribution in [0.25, 0.3) is 0 Å². The number of amides is 1. The minimum atomic E-state index is -5.08. The number of halogens is 3. The zero-order chi connectivity index (χ0) is 23.3. The lowest BCUT2D eigenvalue weighted by Gasteiger charge is -2.19. The number of carbonyl (C=O) groups excluding carboxylic acids is 1. The molecule has 1 aliphatic heterocycles. The zero-order valence-electron chi connectivity index (χ0n) is 16.6. The number of rotatable bonds is 3. The number of nitrogens with zero attached hydrogens (tertiary/aromatic N) is 3. The molecular weight excluding hydrogens is 439 g/mol. The van der Waals surface area contributed by atoms with Crippen LogP contribution < -0.4 is 4.90 Å². The van der Waals surface area contributed by atoms with Crippen molar-refractivity contribution < 1.29 is 37.8 Å². The third-order valence-corrected chi connectivity index (χ3v) is 5.21. The molecule has 0 fully saturated rings. The summed E-state index contributed by atoms with van der Waals surface area (Å²) in [6.45, 7) is 1.17. The van der Waals surface area contributed by atoms with E-state index in [1.54, 1.807) is 25.1 Å². The maximum absolute atomic E-state index is 12.5. The quantitative estimate of drug-likeness (QED) is 0.726. The van der Waals surface area contributed by atoms with Crippen LogP contribution in [-0.4, -0.2) is 71.3 Å². The number of anilines is 1. The van der Waals surface area contributed by atoms with Crippen molar-refractivity contribution in [1.82, 2.24) is 9.88 Å². The molecule has 1 amide bonds. The second kappa shape index (κ2) is 9.77. The number of fused-ring (bicyclic) bond motifs is 1. The van der Waals surface area contributed by atoms with E-state index >= 15 is 0 Å². The van der Waals surface area contributed by atoms with Crippen molar-refractivity contribution in [1.29, 1.82) is 0 Å². The highest BCUT2D eigenvalue weighted by molar-refractivity contribution is 7.12. The van der Waals surface area contributed by atoms with Crippen LogP contribution in [0.2, 0.25) is 0 Å². The van der Waals surface area contributed by atoms with E-state index in [4.69, 9.17) is 9.90 Å². The maximum atomic E-state index is 12.5. The van der Waals surface area contributed by atoms with Crippen LogP contribution >= 0.6 is 11.3 Å². The highest BCUT2D eigenvalue weighted by Crippen LogP contribution is 2.24. The Bertz CT molecular complexity index is 961. The molecule has 0 aliphatic carbocycles. The van der Waals surface area contributed by atoms with Crippen molar-refractivity contribution >= 4 is 35.0 Å². The first-order valence-electron chi connectivity index (χ1n) is 8.98. The number of aromatic carboxylic acids is 1. The lowest BCUT2D eigenvalue weighted by atomic mass is 10.1. The van der Waals surface area contributed by atoms with E-state index in [9.17, 15) is 27.9 Å². The molecule has 0 spiro atoms. The van der Waals surface area contributed by atoms with Gasteiger partial charge in [-0.3, -0.25) is 4.79 Å². The minimum absolute atomic E-state index is 0.0316. The molecule has 0 bridgehead atoms. The number of carboxylic acid groups (broad SMARTS) is 2. The molecule has 3 rings (SSSR count). The van der Waals surface area contributed by atoms with Crippen LogP contribution in [0.15, 0.2) is 23.6 Å². The van der Waals surface area contributed by atoms with Gasteiger partial charge in [0.2, 0.25) is 0 Å².